The summed E-state index contributed by atoms with van der Waals surface area (Å²) in [6.45, 7) is 4.14. The molecule has 1 aromatic carbocycles. The molecule has 21 heavy (non-hydrogen) atoms. The largest absolute Gasteiger partial charge is 0.335 e. The van der Waals surface area contributed by atoms with E-state index in [0.717, 1.165) is 38.8 Å². The Morgan fingerprint density at radius 1 is 1.43 bits per heavy atom. The van der Waals surface area contributed by atoms with E-state index in [9.17, 15) is 9.18 Å². The summed E-state index contributed by atoms with van der Waals surface area (Å²) in [6.07, 6.45) is 3.84. The fourth-order valence-electron chi connectivity index (χ4n) is 3.25. The Kier molecular flexibility index (Phi) is 3.98. The molecule has 1 aliphatic heterocycles. The van der Waals surface area contributed by atoms with Crippen LogP contribution in [-0.4, -0.2) is 29.9 Å². The molecular formula is C17H23FN2O. The Bertz CT molecular complexity index is 521. The van der Waals surface area contributed by atoms with E-state index in [4.69, 9.17) is 0 Å². The minimum atomic E-state index is -0.284. The number of rotatable bonds is 5. The Morgan fingerprint density at radius 2 is 2.19 bits per heavy atom. The average Bonchev–Trinajstić information content (AvgIpc) is 3.22. The molecule has 1 atom stereocenters. The third-order valence-corrected chi connectivity index (χ3v) is 4.92. The number of amides is 1. The van der Waals surface area contributed by atoms with Crippen LogP contribution in [0.5, 0.6) is 0 Å². The summed E-state index contributed by atoms with van der Waals surface area (Å²) in [4.78, 5) is 15.0. The second kappa shape index (κ2) is 5.76. The molecule has 4 heteroatoms. The second-order valence-electron chi connectivity index (χ2n) is 6.32. The third-order valence-electron chi connectivity index (χ3n) is 4.92. The normalized spacial score (nSPS) is 25.0. The van der Waals surface area contributed by atoms with Gasteiger partial charge in [-0.3, -0.25) is 4.79 Å². The van der Waals surface area contributed by atoms with Gasteiger partial charge in [0.1, 0.15) is 5.82 Å². The maximum absolute atomic E-state index is 13.9. The summed E-state index contributed by atoms with van der Waals surface area (Å²) in [5.41, 5.74) is 0.336. The van der Waals surface area contributed by atoms with Crippen LogP contribution in [0, 0.1) is 11.2 Å². The zero-order valence-corrected chi connectivity index (χ0v) is 12.6. The van der Waals surface area contributed by atoms with Crippen LogP contribution in [-0.2, 0) is 11.3 Å². The highest BCUT2D eigenvalue weighted by Crippen LogP contribution is 2.37. The van der Waals surface area contributed by atoms with Gasteiger partial charge < -0.3 is 10.2 Å². The predicted octanol–water partition coefficient (Wildman–Crippen LogP) is 2.71. The maximum Gasteiger partial charge on any atom is 0.230 e. The van der Waals surface area contributed by atoms with Gasteiger partial charge in [-0.15, -0.1) is 0 Å². The predicted molar refractivity (Wildman–Crippen MR) is 80.2 cm³/mol. The van der Waals surface area contributed by atoms with Crippen molar-refractivity contribution in [2.75, 3.05) is 13.1 Å². The van der Waals surface area contributed by atoms with Gasteiger partial charge in [0.2, 0.25) is 5.91 Å². The highest BCUT2D eigenvalue weighted by Gasteiger charge is 2.45. The molecule has 1 saturated heterocycles. The van der Waals surface area contributed by atoms with Crippen molar-refractivity contribution < 1.29 is 9.18 Å². The van der Waals surface area contributed by atoms with E-state index in [-0.39, 0.29) is 17.1 Å². The molecule has 1 heterocycles. The Labute approximate surface area is 125 Å². The van der Waals surface area contributed by atoms with Gasteiger partial charge in [0, 0.05) is 24.7 Å². The average molecular weight is 290 g/mol. The van der Waals surface area contributed by atoms with Crippen LogP contribution in [0.2, 0.25) is 0 Å². The van der Waals surface area contributed by atoms with E-state index in [1.54, 1.807) is 12.1 Å². The minimum Gasteiger partial charge on any atom is -0.335 e. The number of benzene rings is 1. The van der Waals surface area contributed by atoms with Gasteiger partial charge in [0.05, 0.1) is 5.41 Å². The van der Waals surface area contributed by atoms with Crippen LogP contribution < -0.4 is 5.32 Å². The molecule has 1 aliphatic carbocycles. The van der Waals surface area contributed by atoms with Gasteiger partial charge in [0.25, 0.3) is 0 Å². The molecule has 1 amide bonds. The standard InChI is InChI=1S/C17H23FN2O/c1-2-17(9-10-19-12-17)16(21)20(14-7-8-14)11-13-5-3-4-6-15(13)18/h3-6,14,19H,2,7-12H2,1H3. The van der Waals surface area contributed by atoms with Crippen molar-refractivity contribution in [3.05, 3.63) is 35.6 Å². The monoisotopic (exact) mass is 290 g/mol. The van der Waals surface area contributed by atoms with Gasteiger partial charge in [0.15, 0.2) is 0 Å². The molecule has 1 unspecified atom stereocenters. The van der Waals surface area contributed by atoms with Gasteiger partial charge in [-0.25, -0.2) is 4.39 Å². The van der Waals surface area contributed by atoms with Crippen molar-refractivity contribution >= 4 is 5.91 Å². The van der Waals surface area contributed by atoms with Crippen molar-refractivity contribution in [1.82, 2.24) is 10.2 Å². The van der Waals surface area contributed by atoms with Gasteiger partial charge in [-0.1, -0.05) is 25.1 Å². The van der Waals surface area contributed by atoms with Gasteiger partial charge in [-0.05, 0) is 38.3 Å². The molecule has 3 nitrogen and oxygen atoms in total. The van der Waals surface area contributed by atoms with Crippen LogP contribution >= 0.6 is 0 Å². The van der Waals surface area contributed by atoms with E-state index >= 15 is 0 Å². The lowest BCUT2D eigenvalue weighted by atomic mass is 9.82. The number of hydrogen-bond acceptors (Lipinski definition) is 2. The van der Waals surface area contributed by atoms with Crippen LogP contribution in [0.25, 0.3) is 0 Å². The van der Waals surface area contributed by atoms with Crippen molar-refractivity contribution in [3.63, 3.8) is 0 Å². The summed E-state index contributed by atoms with van der Waals surface area (Å²) < 4.78 is 13.9. The lowest BCUT2D eigenvalue weighted by Crippen LogP contribution is -2.45. The second-order valence-corrected chi connectivity index (χ2v) is 6.32. The van der Waals surface area contributed by atoms with E-state index < -0.39 is 0 Å². The molecule has 3 rings (SSSR count). The van der Waals surface area contributed by atoms with Crippen LogP contribution in [0.1, 0.15) is 38.2 Å². The summed E-state index contributed by atoms with van der Waals surface area (Å²) in [5, 5.41) is 3.31. The number of hydrogen-bond donors (Lipinski definition) is 1. The Balaban J connectivity index is 1.81. The number of nitrogens with one attached hydrogen (secondary N) is 1. The first-order valence-electron chi connectivity index (χ1n) is 7.91. The molecule has 2 aliphatic rings. The molecular weight excluding hydrogens is 267 g/mol. The lowest BCUT2D eigenvalue weighted by Gasteiger charge is -2.33. The van der Waals surface area contributed by atoms with Crippen LogP contribution in [0.15, 0.2) is 24.3 Å². The number of halogens is 1. The maximum atomic E-state index is 13.9. The van der Waals surface area contributed by atoms with E-state index in [1.807, 2.05) is 11.0 Å². The van der Waals surface area contributed by atoms with Gasteiger partial charge >= 0.3 is 0 Å². The molecule has 1 aromatic rings. The molecule has 0 radical (unpaired) electrons. The smallest absolute Gasteiger partial charge is 0.230 e. The first kappa shape index (κ1) is 14.5. The first-order valence-corrected chi connectivity index (χ1v) is 7.91. The summed E-state index contributed by atoms with van der Waals surface area (Å²) in [6, 6.07) is 7.08. The van der Waals surface area contributed by atoms with E-state index in [0.29, 0.717) is 18.2 Å². The fourth-order valence-corrected chi connectivity index (χ4v) is 3.25. The first-order chi connectivity index (χ1) is 10.2. The Hall–Kier alpha value is -1.42. The van der Waals surface area contributed by atoms with Crippen molar-refractivity contribution in [1.29, 1.82) is 0 Å². The summed E-state index contributed by atoms with van der Waals surface area (Å²) in [7, 11) is 0. The fraction of sp³-hybridized carbons (Fsp3) is 0.588. The zero-order valence-electron chi connectivity index (χ0n) is 12.6. The van der Waals surface area contributed by atoms with Crippen molar-refractivity contribution in [2.45, 2.75) is 45.2 Å². The molecule has 114 valence electrons. The lowest BCUT2D eigenvalue weighted by molar-refractivity contribution is -0.142. The highest BCUT2D eigenvalue weighted by molar-refractivity contribution is 5.84. The van der Waals surface area contributed by atoms with E-state index in [1.165, 1.54) is 6.07 Å². The molecule has 0 aromatic heterocycles. The minimum absolute atomic E-state index is 0.209. The molecule has 0 spiro atoms. The Morgan fingerprint density at radius 3 is 2.76 bits per heavy atom. The third kappa shape index (κ3) is 2.82. The van der Waals surface area contributed by atoms with E-state index in [2.05, 4.69) is 12.2 Å². The zero-order chi connectivity index (χ0) is 14.9. The van der Waals surface area contributed by atoms with Crippen molar-refractivity contribution in [2.24, 2.45) is 5.41 Å². The van der Waals surface area contributed by atoms with Crippen molar-refractivity contribution in [3.8, 4) is 0 Å². The van der Waals surface area contributed by atoms with Crippen LogP contribution in [0.3, 0.4) is 0 Å². The summed E-state index contributed by atoms with van der Waals surface area (Å²) >= 11 is 0. The van der Waals surface area contributed by atoms with Crippen LogP contribution in [0.4, 0.5) is 4.39 Å². The SMILES string of the molecule is CCC1(C(=O)N(Cc2ccccc2F)C2CC2)CCNC1. The number of carbonyl (C=O) groups excluding carboxylic acids is 1. The molecule has 2 fully saturated rings. The topological polar surface area (TPSA) is 32.3 Å². The molecule has 1 N–H and O–H groups in total. The number of carbonyl (C=O) groups is 1. The molecule has 1 saturated carbocycles. The highest BCUT2D eigenvalue weighted by atomic mass is 19.1. The summed E-state index contributed by atoms with van der Waals surface area (Å²) in [5.74, 6) is -0.00759. The van der Waals surface area contributed by atoms with Gasteiger partial charge in [-0.2, -0.15) is 0 Å². The molecule has 0 bridgehead atoms. The number of nitrogens with zero attached hydrogens (tertiary/aromatic N) is 1. The quantitative estimate of drug-likeness (QED) is 0.904.